The fourth-order valence-electron chi connectivity index (χ4n) is 4.29. The van der Waals surface area contributed by atoms with Crippen LogP contribution in [0.25, 0.3) is 0 Å². The quantitative estimate of drug-likeness (QED) is 0.299. The maximum absolute atomic E-state index is 14.3. The molecule has 2 amide bonds. The van der Waals surface area contributed by atoms with Gasteiger partial charge in [-0.15, -0.1) is 11.3 Å². The molecular weight excluding hydrogens is 459 g/mol. The van der Waals surface area contributed by atoms with E-state index in [1.54, 1.807) is 12.1 Å². The minimum absolute atomic E-state index is 0.137. The summed E-state index contributed by atoms with van der Waals surface area (Å²) in [4.78, 5) is 29.9. The van der Waals surface area contributed by atoms with E-state index in [2.05, 4.69) is 19.2 Å². The second kappa shape index (κ2) is 13.2. The van der Waals surface area contributed by atoms with Crippen molar-refractivity contribution >= 4 is 28.8 Å². The summed E-state index contributed by atoms with van der Waals surface area (Å²) in [5.74, 6) is -0.579. The van der Waals surface area contributed by atoms with E-state index < -0.39 is 11.9 Å². The first kappa shape index (κ1) is 26.6. The zero-order valence-electron chi connectivity index (χ0n) is 20.8. The molecule has 0 aliphatic carbocycles. The molecule has 3 aromatic rings. The molecule has 1 N–H and O–H groups in total. The van der Waals surface area contributed by atoms with Gasteiger partial charge in [-0.05, 0) is 60.0 Å². The van der Waals surface area contributed by atoms with Gasteiger partial charge >= 0.3 is 0 Å². The Bertz CT molecular complexity index is 1100. The van der Waals surface area contributed by atoms with Crippen molar-refractivity contribution in [1.29, 1.82) is 0 Å². The second-order valence-electron chi connectivity index (χ2n) is 8.92. The molecule has 186 valence electrons. The summed E-state index contributed by atoms with van der Waals surface area (Å²) in [5, 5.41) is 5.04. The maximum atomic E-state index is 14.3. The highest BCUT2D eigenvalue weighted by Gasteiger charge is 2.34. The number of aryl methyl sites for hydroxylation is 1. The van der Waals surface area contributed by atoms with Crippen LogP contribution < -0.4 is 10.2 Å². The largest absolute Gasteiger partial charge is 0.354 e. The standard InChI is InChI=1S/C29H35FN2O2S/c1-4-6-12-22(5-2)20-31-29(34)28(26-16-8-7-11-21(26)3)32(24-14-9-13-23(30)18-24)27(33)19-25-15-10-17-35-25/h7-11,13-18,22,28H,4-6,12,19-20H2,1-3H3,(H,31,34). The number of anilines is 1. The molecular formula is C29H35FN2O2S. The summed E-state index contributed by atoms with van der Waals surface area (Å²) < 4.78 is 14.3. The number of amides is 2. The van der Waals surface area contributed by atoms with Crippen molar-refractivity contribution in [3.63, 3.8) is 0 Å². The first-order chi connectivity index (χ1) is 16.9. The molecule has 0 radical (unpaired) electrons. The van der Waals surface area contributed by atoms with Crippen LogP contribution in [0.3, 0.4) is 0 Å². The van der Waals surface area contributed by atoms with Gasteiger partial charge in [0.2, 0.25) is 11.8 Å². The Morgan fingerprint density at radius 1 is 1.06 bits per heavy atom. The van der Waals surface area contributed by atoms with Gasteiger partial charge in [0.1, 0.15) is 11.9 Å². The van der Waals surface area contributed by atoms with Gasteiger partial charge in [-0.2, -0.15) is 0 Å². The number of halogens is 1. The zero-order valence-corrected chi connectivity index (χ0v) is 21.6. The molecule has 0 bridgehead atoms. The fraction of sp³-hybridized carbons (Fsp3) is 0.379. The lowest BCUT2D eigenvalue weighted by Crippen LogP contribution is -2.45. The molecule has 6 heteroatoms. The smallest absolute Gasteiger partial charge is 0.247 e. The predicted molar refractivity (Wildman–Crippen MR) is 142 cm³/mol. The Morgan fingerprint density at radius 2 is 1.86 bits per heavy atom. The van der Waals surface area contributed by atoms with Crippen molar-refractivity contribution in [2.24, 2.45) is 5.92 Å². The SMILES string of the molecule is CCCCC(CC)CNC(=O)C(c1ccccc1C)N(C(=O)Cc1cccs1)c1cccc(F)c1. The van der Waals surface area contributed by atoms with Crippen LogP contribution in [0.2, 0.25) is 0 Å². The predicted octanol–water partition coefficient (Wildman–Crippen LogP) is 6.85. The van der Waals surface area contributed by atoms with E-state index in [0.29, 0.717) is 18.2 Å². The molecule has 1 heterocycles. The normalized spacial score (nSPS) is 12.7. The third kappa shape index (κ3) is 7.25. The van der Waals surface area contributed by atoms with Crippen LogP contribution in [-0.2, 0) is 16.0 Å². The van der Waals surface area contributed by atoms with Crippen molar-refractivity contribution in [3.8, 4) is 0 Å². The first-order valence-electron chi connectivity index (χ1n) is 12.4. The maximum Gasteiger partial charge on any atom is 0.247 e. The molecule has 2 aromatic carbocycles. The van der Waals surface area contributed by atoms with Crippen LogP contribution in [0.1, 0.15) is 61.6 Å². The lowest BCUT2D eigenvalue weighted by Gasteiger charge is -2.33. The average Bonchev–Trinajstić information content (AvgIpc) is 3.36. The van der Waals surface area contributed by atoms with E-state index in [1.807, 2.05) is 48.7 Å². The van der Waals surface area contributed by atoms with Gasteiger partial charge in [-0.25, -0.2) is 4.39 Å². The Kier molecular flexibility index (Phi) is 10.0. The highest BCUT2D eigenvalue weighted by molar-refractivity contribution is 7.10. The van der Waals surface area contributed by atoms with Crippen molar-refractivity contribution in [1.82, 2.24) is 5.32 Å². The minimum Gasteiger partial charge on any atom is -0.354 e. The van der Waals surface area contributed by atoms with E-state index >= 15 is 0 Å². The number of nitrogens with one attached hydrogen (secondary N) is 1. The Balaban J connectivity index is 2.01. The zero-order chi connectivity index (χ0) is 25.2. The average molecular weight is 495 g/mol. The molecule has 2 unspecified atom stereocenters. The van der Waals surface area contributed by atoms with Crippen LogP contribution in [0.5, 0.6) is 0 Å². The summed E-state index contributed by atoms with van der Waals surface area (Å²) in [6.45, 7) is 6.78. The molecule has 2 atom stereocenters. The molecule has 4 nitrogen and oxygen atoms in total. The van der Waals surface area contributed by atoms with Gasteiger partial charge in [0.05, 0.1) is 6.42 Å². The lowest BCUT2D eigenvalue weighted by molar-refractivity contribution is -0.126. The number of carbonyl (C=O) groups is 2. The van der Waals surface area contributed by atoms with Gasteiger partial charge in [-0.3, -0.25) is 14.5 Å². The summed E-state index contributed by atoms with van der Waals surface area (Å²) in [6, 6.07) is 16.4. The Hall–Kier alpha value is -2.99. The molecule has 0 aliphatic rings. The van der Waals surface area contributed by atoms with Crippen molar-refractivity contribution in [2.45, 2.75) is 58.9 Å². The van der Waals surface area contributed by atoms with E-state index in [1.165, 1.54) is 28.4 Å². The number of thiophene rings is 1. The van der Waals surface area contributed by atoms with Crippen molar-refractivity contribution in [3.05, 3.63) is 87.9 Å². The third-order valence-electron chi connectivity index (χ3n) is 6.36. The monoisotopic (exact) mass is 494 g/mol. The molecule has 35 heavy (non-hydrogen) atoms. The summed E-state index contributed by atoms with van der Waals surface area (Å²) in [7, 11) is 0. The minimum atomic E-state index is -0.908. The number of hydrogen-bond acceptors (Lipinski definition) is 3. The summed E-state index contributed by atoms with van der Waals surface area (Å²) >= 11 is 1.49. The molecule has 0 saturated carbocycles. The number of unbranched alkanes of at least 4 members (excludes halogenated alkanes) is 1. The van der Waals surface area contributed by atoms with Crippen LogP contribution in [0.15, 0.2) is 66.0 Å². The number of rotatable bonds is 12. The molecule has 0 saturated heterocycles. The van der Waals surface area contributed by atoms with E-state index in [4.69, 9.17) is 0 Å². The Morgan fingerprint density at radius 3 is 2.51 bits per heavy atom. The van der Waals surface area contributed by atoms with Gasteiger partial charge in [0, 0.05) is 17.1 Å². The summed E-state index contributed by atoms with van der Waals surface area (Å²) in [6.07, 6.45) is 4.39. The van der Waals surface area contributed by atoms with Crippen LogP contribution >= 0.6 is 11.3 Å². The Labute approximate surface area is 212 Å². The highest BCUT2D eigenvalue weighted by atomic mass is 32.1. The van der Waals surface area contributed by atoms with Crippen LogP contribution in [0, 0.1) is 18.7 Å². The van der Waals surface area contributed by atoms with Gasteiger partial charge in [0.15, 0.2) is 0 Å². The number of nitrogens with zero attached hydrogens (tertiary/aromatic N) is 1. The van der Waals surface area contributed by atoms with Gasteiger partial charge in [0.25, 0.3) is 0 Å². The molecule has 1 aromatic heterocycles. The molecule has 0 fully saturated rings. The second-order valence-corrected chi connectivity index (χ2v) is 9.95. The van der Waals surface area contributed by atoms with Crippen molar-refractivity contribution in [2.75, 3.05) is 11.4 Å². The number of benzene rings is 2. The van der Waals surface area contributed by atoms with E-state index in [9.17, 15) is 14.0 Å². The third-order valence-corrected chi connectivity index (χ3v) is 7.23. The van der Waals surface area contributed by atoms with Gasteiger partial charge < -0.3 is 5.32 Å². The first-order valence-corrected chi connectivity index (χ1v) is 13.3. The van der Waals surface area contributed by atoms with Crippen molar-refractivity contribution < 1.29 is 14.0 Å². The van der Waals surface area contributed by atoms with E-state index in [0.717, 1.165) is 41.7 Å². The van der Waals surface area contributed by atoms with Gasteiger partial charge in [-0.1, -0.05) is 69.5 Å². The fourth-order valence-corrected chi connectivity index (χ4v) is 4.98. The molecule has 0 spiro atoms. The number of carbonyl (C=O) groups excluding carboxylic acids is 2. The topological polar surface area (TPSA) is 49.4 Å². The molecule has 3 rings (SSSR count). The van der Waals surface area contributed by atoms with Crippen LogP contribution in [-0.4, -0.2) is 18.4 Å². The highest BCUT2D eigenvalue weighted by Crippen LogP contribution is 2.31. The summed E-state index contributed by atoms with van der Waals surface area (Å²) in [5.41, 5.74) is 2.00. The molecule has 0 aliphatic heterocycles. The van der Waals surface area contributed by atoms with Crippen LogP contribution in [0.4, 0.5) is 10.1 Å². The van der Waals surface area contributed by atoms with E-state index in [-0.39, 0.29) is 18.2 Å². The lowest BCUT2D eigenvalue weighted by atomic mass is 9.96. The number of hydrogen-bond donors (Lipinski definition) is 1.